The topological polar surface area (TPSA) is 53.0 Å². The summed E-state index contributed by atoms with van der Waals surface area (Å²) in [5, 5.41) is 10.9. The van der Waals surface area contributed by atoms with Gasteiger partial charge in [0.25, 0.3) is 5.91 Å². The Bertz CT molecular complexity index is 557. The number of benzene rings is 1. The van der Waals surface area contributed by atoms with Crippen LogP contribution in [0.1, 0.15) is 24.0 Å². The maximum Gasteiger partial charge on any atom is 0.256 e. The largest absolute Gasteiger partial charge is 0.379 e. The molecule has 1 aromatic carbocycles. The van der Waals surface area contributed by atoms with Gasteiger partial charge in [-0.05, 0) is 25.3 Å². The number of aryl methyl sites for hydroxylation is 1. The molecule has 0 aromatic heterocycles. The van der Waals surface area contributed by atoms with E-state index in [1.165, 1.54) is 5.56 Å². The summed E-state index contributed by atoms with van der Waals surface area (Å²) in [5.74, 6) is -0.128. The number of β-amino-alcohol motifs (C(OH)–C–C–N with tert-alkyl or cyclic N) is 1. The molecule has 2 heterocycles. The number of carbonyl (C=O) groups is 1. The molecule has 2 saturated heterocycles. The molecule has 1 atom stereocenters. The number of rotatable bonds is 4. The van der Waals surface area contributed by atoms with Crippen molar-refractivity contribution < 1.29 is 14.6 Å². The Balaban J connectivity index is 1.67. The van der Waals surface area contributed by atoms with Crippen molar-refractivity contribution in [2.75, 3.05) is 39.4 Å². The van der Waals surface area contributed by atoms with Crippen molar-refractivity contribution in [1.82, 2.24) is 9.80 Å². The van der Waals surface area contributed by atoms with E-state index in [0.29, 0.717) is 32.7 Å². The third-order valence-electron chi connectivity index (χ3n) is 4.75. The Labute approximate surface area is 137 Å². The summed E-state index contributed by atoms with van der Waals surface area (Å²) >= 11 is 0. The monoisotopic (exact) mass is 318 g/mol. The molecule has 0 radical (unpaired) electrons. The van der Waals surface area contributed by atoms with Gasteiger partial charge in [-0.25, -0.2) is 0 Å². The number of nitrogens with zero attached hydrogens (tertiary/aromatic N) is 2. The van der Waals surface area contributed by atoms with Crippen LogP contribution >= 0.6 is 0 Å². The Morgan fingerprint density at radius 2 is 2.04 bits per heavy atom. The first kappa shape index (κ1) is 16.4. The lowest BCUT2D eigenvalue weighted by molar-refractivity contribution is -0.161. The minimum Gasteiger partial charge on any atom is -0.379 e. The molecule has 3 rings (SSSR count). The molecule has 0 unspecified atom stereocenters. The molecular formula is C18H26N2O3. The highest BCUT2D eigenvalue weighted by Gasteiger charge is 2.43. The number of hydrogen-bond acceptors (Lipinski definition) is 4. The molecule has 1 amide bonds. The van der Waals surface area contributed by atoms with Crippen molar-refractivity contribution in [2.45, 2.75) is 31.9 Å². The number of ether oxygens (including phenoxy) is 1. The molecule has 0 spiro atoms. The number of aliphatic hydroxyl groups is 1. The van der Waals surface area contributed by atoms with Gasteiger partial charge in [-0.3, -0.25) is 9.69 Å². The predicted molar refractivity (Wildman–Crippen MR) is 88.0 cm³/mol. The van der Waals surface area contributed by atoms with Gasteiger partial charge in [0.2, 0.25) is 0 Å². The summed E-state index contributed by atoms with van der Waals surface area (Å²) < 4.78 is 5.34. The molecule has 2 fully saturated rings. The third-order valence-corrected chi connectivity index (χ3v) is 4.75. The first-order valence-electron chi connectivity index (χ1n) is 8.44. The predicted octanol–water partition coefficient (Wildman–Crippen LogP) is 1.18. The smallest absolute Gasteiger partial charge is 0.256 e. The molecule has 2 aliphatic rings. The molecule has 0 bridgehead atoms. The Kier molecular flexibility index (Phi) is 4.99. The molecule has 126 valence electrons. The maximum atomic E-state index is 12.8. The average molecular weight is 318 g/mol. The first-order chi connectivity index (χ1) is 11.1. The minimum atomic E-state index is -1.25. The zero-order valence-corrected chi connectivity index (χ0v) is 13.8. The fourth-order valence-electron chi connectivity index (χ4n) is 3.52. The molecule has 1 N–H and O–H groups in total. The van der Waals surface area contributed by atoms with Crippen LogP contribution in [0.4, 0.5) is 0 Å². The Morgan fingerprint density at radius 1 is 1.26 bits per heavy atom. The second-order valence-corrected chi connectivity index (χ2v) is 6.74. The minimum absolute atomic E-state index is 0.128. The van der Waals surface area contributed by atoms with E-state index in [9.17, 15) is 9.90 Å². The molecule has 5 heteroatoms. The van der Waals surface area contributed by atoms with Crippen LogP contribution in [0.3, 0.4) is 0 Å². The standard InChI is InChI=1S/C18H26N2O3/c1-15-4-2-5-16(12-15)13-20-7-3-6-18(22,17(20)21)14-19-8-10-23-11-9-19/h2,4-5,12,22H,3,6-11,13-14H2,1H3/t18-/m0/s1. The first-order valence-corrected chi connectivity index (χ1v) is 8.44. The molecule has 0 saturated carbocycles. The Hall–Kier alpha value is -1.43. The molecular weight excluding hydrogens is 292 g/mol. The third kappa shape index (κ3) is 3.91. The lowest BCUT2D eigenvalue weighted by Crippen LogP contribution is -2.59. The highest BCUT2D eigenvalue weighted by atomic mass is 16.5. The lowest BCUT2D eigenvalue weighted by Gasteiger charge is -2.41. The van der Waals surface area contributed by atoms with E-state index in [1.54, 1.807) is 4.90 Å². The van der Waals surface area contributed by atoms with Gasteiger partial charge < -0.3 is 14.7 Å². The van der Waals surface area contributed by atoms with Crippen molar-refractivity contribution >= 4 is 5.91 Å². The van der Waals surface area contributed by atoms with Crippen LogP contribution in [-0.2, 0) is 16.1 Å². The van der Waals surface area contributed by atoms with Crippen LogP contribution in [0.2, 0.25) is 0 Å². The van der Waals surface area contributed by atoms with Gasteiger partial charge in [0.1, 0.15) is 0 Å². The van der Waals surface area contributed by atoms with Crippen molar-refractivity contribution in [3.63, 3.8) is 0 Å². The number of piperidine rings is 1. The Morgan fingerprint density at radius 3 is 2.78 bits per heavy atom. The highest BCUT2D eigenvalue weighted by Crippen LogP contribution is 2.25. The van der Waals surface area contributed by atoms with Crippen molar-refractivity contribution in [2.24, 2.45) is 0 Å². The second kappa shape index (κ2) is 6.99. The number of amides is 1. The summed E-state index contributed by atoms with van der Waals surface area (Å²) in [6.45, 7) is 6.69. The summed E-state index contributed by atoms with van der Waals surface area (Å²) in [5.41, 5.74) is 1.06. The van der Waals surface area contributed by atoms with Crippen molar-refractivity contribution in [3.8, 4) is 0 Å². The summed E-state index contributed by atoms with van der Waals surface area (Å²) in [4.78, 5) is 16.8. The number of hydrogen-bond donors (Lipinski definition) is 1. The van der Waals surface area contributed by atoms with Crippen LogP contribution in [0.5, 0.6) is 0 Å². The summed E-state index contributed by atoms with van der Waals surface area (Å²) in [6.07, 6.45) is 1.39. The molecule has 5 nitrogen and oxygen atoms in total. The average Bonchev–Trinajstić information content (AvgIpc) is 2.53. The number of carbonyl (C=O) groups excluding carboxylic acids is 1. The van der Waals surface area contributed by atoms with Crippen molar-refractivity contribution in [1.29, 1.82) is 0 Å². The van der Waals surface area contributed by atoms with E-state index in [1.807, 2.05) is 12.1 Å². The quantitative estimate of drug-likeness (QED) is 0.906. The van der Waals surface area contributed by atoms with E-state index < -0.39 is 5.60 Å². The van der Waals surface area contributed by atoms with E-state index in [2.05, 4.69) is 24.0 Å². The summed E-state index contributed by atoms with van der Waals surface area (Å²) in [6, 6.07) is 8.20. The molecule has 2 aliphatic heterocycles. The van der Waals surface area contributed by atoms with Gasteiger partial charge in [-0.2, -0.15) is 0 Å². The van der Waals surface area contributed by atoms with E-state index in [4.69, 9.17) is 4.74 Å². The molecule has 1 aromatic rings. The van der Waals surface area contributed by atoms with Crippen molar-refractivity contribution in [3.05, 3.63) is 35.4 Å². The zero-order valence-electron chi connectivity index (χ0n) is 13.8. The zero-order chi connectivity index (χ0) is 16.3. The molecule has 23 heavy (non-hydrogen) atoms. The second-order valence-electron chi connectivity index (χ2n) is 6.74. The van der Waals surface area contributed by atoms with E-state index in [-0.39, 0.29) is 5.91 Å². The highest BCUT2D eigenvalue weighted by molar-refractivity contribution is 5.86. The number of likely N-dealkylation sites (tertiary alicyclic amines) is 1. The van der Waals surface area contributed by atoms with Gasteiger partial charge in [0.15, 0.2) is 5.60 Å². The normalized spacial score (nSPS) is 26.5. The lowest BCUT2D eigenvalue weighted by atomic mass is 9.90. The van der Waals surface area contributed by atoms with Crippen LogP contribution in [0, 0.1) is 6.92 Å². The van der Waals surface area contributed by atoms with Gasteiger partial charge >= 0.3 is 0 Å². The van der Waals surface area contributed by atoms with Gasteiger partial charge in [0.05, 0.1) is 13.2 Å². The molecule has 0 aliphatic carbocycles. The van der Waals surface area contributed by atoms with Crippen LogP contribution in [0.25, 0.3) is 0 Å². The van der Waals surface area contributed by atoms with Gasteiger partial charge in [-0.15, -0.1) is 0 Å². The maximum absolute atomic E-state index is 12.8. The fraction of sp³-hybridized carbons (Fsp3) is 0.611. The van der Waals surface area contributed by atoms with Crippen LogP contribution in [0.15, 0.2) is 24.3 Å². The van der Waals surface area contributed by atoms with E-state index in [0.717, 1.165) is 31.6 Å². The van der Waals surface area contributed by atoms with Gasteiger partial charge in [0, 0.05) is 32.7 Å². The van der Waals surface area contributed by atoms with Gasteiger partial charge in [-0.1, -0.05) is 29.8 Å². The fourth-order valence-corrected chi connectivity index (χ4v) is 3.52. The van der Waals surface area contributed by atoms with Crippen LogP contribution in [-0.4, -0.2) is 65.8 Å². The van der Waals surface area contributed by atoms with Crippen LogP contribution < -0.4 is 0 Å². The van der Waals surface area contributed by atoms with E-state index >= 15 is 0 Å². The SMILES string of the molecule is Cc1cccc(CN2CCC[C@](O)(CN3CCOCC3)C2=O)c1. The summed E-state index contributed by atoms with van der Waals surface area (Å²) in [7, 11) is 0. The number of morpholine rings is 1.